The van der Waals surface area contributed by atoms with Crippen molar-refractivity contribution in [1.82, 2.24) is 10.1 Å². The fourth-order valence-corrected chi connectivity index (χ4v) is 1.75. The van der Waals surface area contributed by atoms with Crippen LogP contribution in [0.3, 0.4) is 0 Å². The minimum Gasteiger partial charge on any atom is -0.370 e. The highest BCUT2D eigenvalue weighted by atomic mass is 16.5. The molecule has 2 aromatic rings. The molecule has 2 N–H and O–H groups in total. The van der Waals surface area contributed by atoms with E-state index in [0.717, 1.165) is 0 Å². The lowest BCUT2D eigenvalue weighted by atomic mass is 10.1. The van der Waals surface area contributed by atoms with Gasteiger partial charge in [-0.2, -0.15) is 4.98 Å². The molecule has 1 unspecified atom stereocenters. The third-order valence-electron chi connectivity index (χ3n) is 2.87. The summed E-state index contributed by atoms with van der Waals surface area (Å²) in [7, 11) is 1.57. The molecule has 0 saturated heterocycles. The number of nitrogens with two attached hydrogens (primary N) is 1. The molecule has 1 heterocycles. The molecule has 0 saturated carbocycles. The number of aromatic nitrogens is 2. The molecule has 1 aromatic carbocycles. The third-order valence-corrected chi connectivity index (χ3v) is 2.87. The van der Waals surface area contributed by atoms with Crippen LogP contribution in [0.4, 0.5) is 0 Å². The van der Waals surface area contributed by atoms with Crippen molar-refractivity contribution >= 4 is 0 Å². The van der Waals surface area contributed by atoms with Crippen molar-refractivity contribution in [3.8, 4) is 0 Å². The number of aryl methyl sites for hydroxylation is 1. The van der Waals surface area contributed by atoms with Gasteiger partial charge in [-0.3, -0.25) is 0 Å². The second kappa shape index (κ2) is 5.75. The highest BCUT2D eigenvalue weighted by molar-refractivity contribution is 5.27. The second-order valence-corrected chi connectivity index (χ2v) is 4.11. The van der Waals surface area contributed by atoms with Crippen LogP contribution in [-0.4, -0.2) is 23.8 Å². The van der Waals surface area contributed by atoms with Gasteiger partial charge >= 0.3 is 0 Å². The van der Waals surface area contributed by atoms with Crippen LogP contribution in [0.2, 0.25) is 0 Å². The topological polar surface area (TPSA) is 74.2 Å². The maximum Gasteiger partial charge on any atom is 0.257 e. The smallest absolute Gasteiger partial charge is 0.257 e. The summed E-state index contributed by atoms with van der Waals surface area (Å²) in [6, 6.07) is 8.13. The molecule has 5 heteroatoms. The molecular formula is C13H17N3O2. The summed E-state index contributed by atoms with van der Waals surface area (Å²) in [6.45, 7) is 2.39. The Bertz CT molecular complexity index is 506. The first kappa shape index (κ1) is 12.7. The van der Waals surface area contributed by atoms with Gasteiger partial charge < -0.3 is 15.0 Å². The third kappa shape index (κ3) is 2.75. The van der Waals surface area contributed by atoms with Crippen LogP contribution >= 0.6 is 0 Å². The fraction of sp³-hybridized carbons (Fsp3) is 0.385. The van der Waals surface area contributed by atoms with Gasteiger partial charge in [-0.15, -0.1) is 0 Å². The van der Waals surface area contributed by atoms with Gasteiger partial charge in [0.05, 0.1) is 0 Å². The molecule has 2 rings (SSSR count). The number of hydrogen-bond acceptors (Lipinski definition) is 5. The summed E-state index contributed by atoms with van der Waals surface area (Å²) in [5.74, 6) is 1.08. The van der Waals surface area contributed by atoms with Gasteiger partial charge in [0.2, 0.25) is 0 Å². The first-order chi connectivity index (χ1) is 8.74. The Balaban J connectivity index is 2.14. The van der Waals surface area contributed by atoms with Crippen LogP contribution < -0.4 is 5.73 Å². The summed E-state index contributed by atoms with van der Waals surface area (Å²) in [6.07, 6.45) is 0.320. The van der Waals surface area contributed by atoms with E-state index in [-0.39, 0.29) is 6.10 Å². The maximum atomic E-state index is 5.55. The van der Waals surface area contributed by atoms with Crippen LogP contribution in [0, 0.1) is 6.92 Å². The van der Waals surface area contributed by atoms with Gasteiger partial charge in [-0.25, -0.2) is 0 Å². The lowest BCUT2D eigenvalue weighted by Crippen LogP contribution is -2.14. The normalized spacial score (nSPS) is 12.6. The highest BCUT2D eigenvalue weighted by Crippen LogP contribution is 2.15. The van der Waals surface area contributed by atoms with Crippen LogP contribution in [-0.2, 0) is 11.2 Å². The number of methoxy groups -OCH3 is 1. The predicted molar refractivity (Wildman–Crippen MR) is 67.1 cm³/mol. The van der Waals surface area contributed by atoms with Crippen molar-refractivity contribution in [3.63, 3.8) is 0 Å². The highest BCUT2D eigenvalue weighted by Gasteiger charge is 2.17. The summed E-state index contributed by atoms with van der Waals surface area (Å²) in [5, 5.41) is 3.95. The van der Waals surface area contributed by atoms with Gasteiger partial charge in [0, 0.05) is 20.1 Å². The van der Waals surface area contributed by atoms with Gasteiger partial charge in [-0.05, 0) is 18.1 Å². The number of rotatable bonds is 5. The van der Waals surface area contributed by atoms with Crippen molar-refractivity contribution in [1.29, 1.82) is 0 Å². The van der Waals surface area contributed by atoms with Crippen LogP contribution in [0.25, 0.3) is 0 Å². The Hall–Kier alpha value is -1.72. The zero-order valence-electron chi connectivity index (χ0n) is 10.6. The average molecular weight is 247 g/mol. The van der Waals surface area contributed by atoms with E-state index in [1.807, 2.05) is 12.1 Å². The molecular weight excluding hydrogens is 230 g/mol. The van der Waals surface area contributed by atoms with Gasteiger partial charge in [0.25, 0.3) is 5.89 Å². The summed E-state index contributed by atoms with van der Waals surface area (Å²) in [4.78, 5) is 4.31. The van der Waals surface area contributed by atoms with E-state index >= 15 is 0 Å². The molecule has 0 bridgehead atoms. The molecule has 18 heavy (non-hydrogen) atoms. The lowest BCUT2D eigenvalue weighted by Gasteiger charge is -2.05. The predicted octanol–water partition coefficient (Wildman–Crippen LogP) is 1.62. The van der Waals surface area contributed by atoms with Crippen LogP contribution in [0.1, 0.15) is 28.9 Å². The molecule has 0 fully saturated rings. The quantitative estimate of drug-likeness (QED) is 0.869. The monoisotopic (exact) mass is 247 g/mol. The van der Waals surface area contributed by atoms with Gasteiger partial charge in [0.15, 0.2) is 5.82 Å². The summed E-state index contributed by atoms with van der Waals surface area (Å²) < 4.78 is 10.3. The minimum atomic E-state index is -0.330. The fourth-order valence-electron chi connectivity index (χ4n) is 1.75. The van der Waals surface area contributed by atoms with Gasteiger partial charge in [-0.1, -0.05) is 29.4 Å². The number of nitrogens with zero attached hydrogens (tertiary/aromatic N) is 2. The number of hydrogen-bond donors (Lipinski definition) is 1. The van der Waals surface area contributed by atoms with E-state index in [1.165, 1.54) is 11.1 Å². The number of benzene rings is 1. The van der Waals surface area contributed by atoms with E-state index < -0.39 is 0 Å². The van der Waals surface area contributed by atoms with E-state index in [2.05, 4.69) is 29.2 Å². The largest absolute Gasteiger partial charge is 0.370 e. The van der Waals surface area contributed by atoms with Crippen molar-refractivity contribution in [2.45, 2.75) is 19.4 Å². The van der Waals surface area contributed by atoms with Gasteiger partial charge in [0.1, 0.15) is 6.10 Å². The zero-order chi connectivity index (χ0) is 13.0. The Labute approximate surface area is 106 Å². The lowest BCUT2D eigenvalue weighted by molar-refractivity contribution is 0.0804. The zero-order valence-corrected chi connectivity index (χ0v) is 10.6. The molecule has 1 aromatic heterocycles. The first-order valence-electron chi connectivity index (χ1n) is 5.84. The molecule has 0 amide bonds. The SMILES string of the molecule is COC(CN)c1nc(Cc2ccccc2C)no1. The van der Waals surface area contributed by atoms with Crippen molar-refractivity contribution in [2.24, 2.45) is 5.73 Å². The minimum absolute atomic E-state index is 0.322. The Kier molecular flexibility index (Phi) is 4.07. The van der Waals surface area contributed by atoms with Crippen molar-refractivity contribution < 1.29 is 9.26 Å². The first-order valence-corrected chi connectivity index (χ1v) is 5.84. The standard InChI is InChI=1S/C13H17N3O2/c1-9-5-3-4-6-10(9)7-12-15-13(18-16-12)11(8-14)17-2/h3-6,11H,7-8,14H2,1-2H3. The van der Waals surface area contributed by atoms with E-state index in [0.29, 0.717) is 24.7 Å². The Morgan fingerprint density at radius 3 is 2.83 bits per heavy atom. The van der Waals surface area contributed by atoms with Crippen LogP contribution in [0.5, 0.6) is 0 Å². The number of ether oxygens (including phenoxy) is 1. The summed E-state index contributed by atoms with van der Waals surface area (Å²) in [5.41, 5.74) is 7.95. The van der Waals surface area contributed by atoms with E-state index in [1.54, 1.807) is 7.11 Å². The maximum absolute atomic E-state index is 5.55. The molecule has 0 aliphatic heterocycles. The molecule has 0 radical (unpaired) electrons. The Morgan fingerprint density at radius 2 is 2.17 bits per heavy atom. The second-order valence-electron chi connectivity index (χ2n) is 4.11. The molecule has 5 nitrogen and oxygen atoms in total. The van der Waals surface area contributed by atoms with Crippen molar-refractivity contribution in [2.75, 3.05) is 13.7 Å². The molecule has 1 atom stereocenters. The van der Waals surface area contributed by atoms with E-state index in [4.69, 9.17) is 15.0 Å². The molecule has 0 aliphatic carbocycles. The molecule has 0 spiro atoms. The van der Waals surface area contributed by atoms with Crippen LogP contribution in [0.15, 0.2) is 28.8 Å². The van der Waals surface area contributed by atoms with E-state index in [9.17, 15) is 0 Å². The average Bonchev–Trinajstić information content (AvgIpc) is 2.82. The Morgan fingerprint density at radius 1 is 1.39 bits per heavy atom. The molecule has 0 aliphatic rings. The van der Waals surface area contributed by atoms with Crippen molar-refractivity contribution in [3.05, 3.63) is 47.1 Å². The summed E-state index contributed by atoms with van der Waals surface area (Å²) >= 11 is 0. The molecule has 96 valence electrons.